The van der Waals surface area contributed by atoms with Crippen LogP contribution in [0.2, 0.25) is 0 Å². The molecule has 1 heterocycles. The van der Waals surface area contributed by atoms with Gasteiger partial charge in [-0.25, -0.2) is 0 Å². The number of Topliss-reactive ketones (excluding diaryl/α,β-unsaturated/α-hetero) is 1. The van der Waals surface area contributed by atoms with Gasteiger partial charge in [0.15, 0.2) is 0 Å². The van der Waals surface area contributed by atoms with E-state index >= 15 is 0 Å². The average molecular weight is 243 g/mol. The quantitative estimate of drug-likeness (QED) is 0.604. The summed E-state index contributed by atoms with van der Waals surface area (Å²) in [6, 6.07) is 3.84. The van der Waals surface area contributed by atoms with Crippen LogP contribution in [0.15, 0.2) is 24.3 Å². The van der Waals surface area contributed by atoms with Gasteiger partial charge >= 0.3 is 0 Å². The molecule has 3 heteroatoms. The van der Waals surface area contributed by atoms with E-state index in [1.54, 1.807) is 4.90 Å². The zero-order valence-electron chi connectivity index (χ0n) is 11.0. The number of carbonyl (C=O) groups excluding carboxylic acids is 2. The van der Waals surface area contributed by atoms with Crippen LogP contribution in [-0.2, 0) is 4.79 Å². The van der Waals surface area contributed by atoms with Gasteiger partial charge < -0.3 is 4.90 Å². The van der Waals surface area contributed by atoms with Gasteiger partial charge in [-0.3, -0.25) is 9.59 Å². The monoisotopic (exact) mass is 243 g/mol. The van der Waals surface area contributed by atoms with Crippen molar-refractivity contribution in [2.75, 3.05) is 11.4 Å². The summed E-state index contributed by atoms with van der Waals surface area (Å²) >= 11 is 0. The minimum absolute atomic E-state index is 0.382. The molecule has 18 heavy (non-hydrogen) atoms. The molecule has 1 amide bonds. The van der Waals surface area contributed by atoms with Crippen LogP contribution < -0.4 is 4.90 Å². The third-order valence-electron chi connectivity index (χ3n) is 3.29. The molecular formula is C15H17NO2. The molecule has 0 fully saturated rings. The summed E-state index contributed by atoms with van der Waals surface area (Å²) in [6.45, 7) is 10.1. The first-order valence-electron chi connectivity index (χ1n) is 6.04. The van der Waals surface area contributed by atoms with Crippen LogP contribution in [0, 0.1) is 13.8 Å². The third kappa shape index (κ3) is 1.86. The van der Waals surface area contributed by atoms with Crippen molar-refractivity contribution in [3.63, 3.8) is 0 Å². The van der Waals surface area contributed by atoms with Gasteiger partial charge in [0.05, 0.1) is 11.3 Å². The van der Waals surface area contributed by atoms with Crippen molar-refractivity contribution >= 4 is 17.4 Å². The molecule has 0 unspecified atom stereocenters. The van der Waals surface area contributed by atoms with E-state index in [4.69, 9.17) is 0 Å². The normalized spacial score (nSPS) is 14.1. The van der Waals surface area contributed by atoms with E-state index in [9.17, 15) is 9.59 Å². The predicted octanol–water partition coefficient (Wildman–Crippen LogP) is 2.80. The summed E-state index contributed by atoms with van der Waals surface area (Å²) in [6.07, 6.45) is 0.714. The Morgan fingerprint density at radius 3 is 2.44 bits per heavy atom. The molecular weight excluding hydrogens is 226 g/mol. The molecule has 1 aromatic carbocycles. The van der Waals surface area contributed by atoms with E-state index < -0.39 is 5.91 Å². The van der Waals surface area contributed by atoms with Crippen LogP contribution in [0.1, 0.15) is 34.8 Å². The lowest BCUT2D eigenvalue weighted by molar-refractivity contribution is -0.114. The minimum Gasteiger partial charge on any atom is -0.304 e. The number of rotatable bonds is 3. The Hall–Kier alpha value is -1.90. The smallest absolute Gasteiger partial charge is 0.299 e. The highest BCUT2D eigenvalue weighted by molar-refractivity contribution is 6.52. The van der Waals surface area contributed by atoms with Gasteiger partial charge in [0.1, 0.15) is 0 Å². The molecule has 0 saturated carbocycles. The number of carbonyl (C=O) groups is 2. The van der Waals surface area contributed by atoms with Gasteiger partial charge in [-0.1, -0.05) is 17.7 Å². The fourth-order valence-corrected chi connectivity index (χ4v) is 2.28. The predicted molar refractivity (Wildman–Crippen MR) is 72.0 cm³/mol. The molecule has 0 aliphatic carbocycles. The first-order chi connectivity index (χ1) is 8.43. The van der Waals surface area contributed by atoms with Gasteiger partial charge in [-0.05, 0) is 38.3 Å². The number of amides is 1. The minimum atomic E-state index is -0.413. The molecule has 0 aromatic heterocycles. The maximum Gasteiger partial charge on any atom is 0.299 e. The van der Waals surface area contributed by atoms with E-state index in [1.807, 2.05) is 32.9 Å². The first kappa shape index (κ1) is 12.6. The van der Waals surface area contributed by atoms with E-state index in [0.29, 0.717) is 18.5 Å². The van der Waals surface area contributed by atoms with Crippen molar-refractivity contribution in [3.05, 3.63) is 41.0 Å². The van der Waals surface area contributed by atoms with E-state index in [2.05, 4.69) is 6.58 Å². The molecule has 3 nitrogen and oxygen atoms in total. The SMILES string of the molecule is C=C(C)CCN1C(=O)C(=O)c2c(C)ccc(C)c21. The van der Waals surface area contributed by atoms with Crippen LogP contribution >= 0.6 is 0 Å². The van der Waals surface area contributed by atoms with E-state index in [-0.39, 0.29) is 5.78 Å². The topological polar surface area (TPSA) is 37.4 Å². The van der Waals surface area contributed by atoms with Crippen LogP contribution in [0.5, 0.6) is 0 Å². The Bertz CT molecular complexity index is 558. The standard InChI is InChI=1S/C15H17NO2/c1-9(2)7-8-16-13-11(4)6-5-10(3)12(13)14(17)15(16)18/h5-6H,1,7-8H2,2-4H3. The Kier molecular flexibility index (Phi) is 3.07. The number of fused-ring (bicyclic) bond motifs is 1. The summed E-state index contributed by atoms with van der Waals surface area (Å²) in [5.74, 6) is -0.795. The Balaban J connectivity index is 2.48. The van der Waals surface area contributed by atoms with Crippen molar-refractivity contribution < 1.29 is 9.59 Å². The van der Waals surface area contributed by atoms with Gasteiger partial charge in [0.2, 0.25) is 0 Å². The number of aryl methyl sites for hydroxylation is 2. The lowest BCUT2D eigenvalue weighted by Gasteiger charge is -2.18. The zero-order valence-corrected chi connectivity index (χ0v) is 11.0. The van der Waals surface area contributed by atoms with Crippen molar-refractivity contribution in [2.24, 2.45) is 0 Å². The van der Waals surface area contributed by atoms with Gasteiger partial charge in [-0.2, -0.15) is 0 Å². The van der Waals surface area contributed by atoms with E-state index in [1.165, 1.54) is 0 Å². The average Bonchev–Trinajstić information content (AvgIpc) is 2.56. The lowest BCUT2D eigenvalue weighted by atomic mass is 10.0. The molecule has 0 N–H and O–H groups in total. The van der Waals surface area contributed by atoms with Gasteiger partial charge in [-0.15, -0.1) is 6.58 Å². The highest BCUT2D eigenvalue weighted by Crippen LogP contribution is 2.34. The number of anilines is 1. The highest BCUT2D eigenvalue weighted by atomic mass is 16.2. The zero-order chi connectivity index (χ0) is 13.4. The van der Waals surface area contributed by atoms with E-state index in [0.717, 1.165) is 22.4 Å². The van der Waals surface area contributed by atoms with Crippen LogP contribution in [0.4, 0.5) is 5.69 Å². The lowest BCUT2D eigenvalue weighted by Crippen LogP contribution is -2.31. The number of nitrogens with zero attached hydrogens (tertiary/aromatic N) is 1. The fourth-order valence-electron chi connectivity index (χ4n) is 2.28. The van der Waals surface area contributed by atoms with Crippen LogP contribution in [-0.4, -0.2) is 18.2 Å². The molecule has 0 bridgehead atoms. The second kappa shape index (κ2) is 4.41. The molecule has 1 aliphatic rings. The number of benzene rings is 1. The maximum absolute atomic E-state index is 12.0. The molecule has 0 spiro atoms. The van der Waals surface area contributed by atoms with Crippen molar-refractivity contribution in [1.82, 2.24) is 0 Å². The molecule has 2 rings (SSSR count). The molecule has 0 radical (unpaired) electrons. The van der Waals surface area contributed by atoms with Crippen molar-refractivity contribution in [3.8, 4) is 0 Å². The Morgan fingerprint density at radius 2 is 1.83 bits per heavy atom. The van der Waals surface area contributed by atoms with Crippen molar-refractivity contribution in [1.29, 1.82) is 0 Å². The summed E-state index contributed by atoms with van der Waals surface area (Å²) in [5, 5.41) is 0. The second-order valence-corrected chi connectivity index (χ2v) is 4.92. The second-order valence-electron chi connectivity index (χ2n) is 4.92. The maximum atomic E-state index is 12.0. The Labute approximate surface area is 107 Å². The summed E-state index contributed by atoms with van der Waals surface area (Å²) in [5.41, 5.74) is 4.20. The molecule has 94 valence electrons. The van der Waals surface area contributed by atoms with Crippen LogP contribution in [0.25, 0.3) is 0 Å². The molecule has 1 aliphatic heterocycles. The summed E-state index contributed by atoms with van der Waals surface area (Å²) < 4.78 is 0. The van der Waals surface area contributed by atoms with Crippen molar-refractivity contribution in [2.45, 2.75) is 27.2 Å². The largest absolute Gasteiger partial charge is 0.304 e. The number of hydrogen-bond donors (Lipinski definition) is 0. The number of ketones is 1. The summed E-state index contributed by atoms with van der Waals surface area (Å²) in [7, 11) is 0. The van der Waals surface area contributed by atoms with Gasteiger partial charge in [0.25, 0.3) is 11.7 Å². The Morgan fingerprint density at radius 1 is 1.22 bits per heavy atom. The molecule has 1 aromatic rings. The van der Waals surface area contributed by atoms with Crippen LogP contribution in [0.3, 0.4) is 0 Å². The molecule has 0 saturated heterocycles. The third-order valence-corrected chi connectivity index (χ3v) is 3.29. The molecule has 0 atom stereocenters. The number of hydrogen-bond acceptors (Lipinski definition) is 2. The first-order valence-corrected chi connectivity index (χ1v) is 6.04. The van der Waals surface area contributed by atoms with Gasteiger partial charge in [0, 0.05) is 6.54 Å². The fraction of sp³-hybridized carbons (Fsp3) is 0.333. The summed E-state index contributed by atoms with van der Waals surface area (Å²) in [4.78, 5) is 25.6. The highest BCUT2D eigenvalue weighted by Gasteiger charge is 2.37.